The molecular formula is C28H33ClN4O4. The van der Waals surface area contributed by atoms with Crippen molar-refractivity contribution in [2.75, 3.05) is 13.1 Å². The van der Waals surface area contributed by atoms with Gasteiger partial charge in [-0.05, 0) is 49.6 Å². The number of hydrogen-bond donors (Lipinski definition) is 0. The molecule has 0 N–H and O–H groups in total. The predicted octanol–water partition coefficient (Wildman–Crippen LogP) is 5.63. The average Bonchev–Trinajstić information content (AvgIpc) is 3.29. The first-order valence-corrected chi connectivity index (χ1v) is 12.6. The second-order valence-electron chi connectivity index (χ2n) is 9.72. The van der Waals surface area contributed by atoms with Gasteiger partial charge in [-0.15, -0.1) is 0 Å². The molecule has 1 heterocycles. The van der Waals surface area contributed by atoms with E-state index in [4.69, 9.17) is 11.6 Å². The Morgan fingerprint density at radius 2 is 1.76 bits per heavy atom. The summed E-state index contributed by atoms with van der Waals surface area (Å²) in [5.41, 5.74) is 1.95. The molecule has 0 saturated heterocycles. The summed E-state index contributed by atoms with van der Waals surface area (Å²) in [6, 6.07) is 16.9. The second kappa shape index (κ2) is 12.5. The molecule has 0 aliphatic rings. The molecule has 2 amide bonds. The maximum Gasteiger partial charge on any atom is 0.270 e. The highest BCUT2D eigenvalue weighted by Crippen LogP contribution is 2.20. The molecule has 0 saturated carbocycles. The summed E-state index contributed by atoms with van der Waals surface area (Å²) in [5, 5.41) is 11.9. The first kappa shape index (κ1) is 27.9. The Labute approximate surface area is 222 Å². The third-order valence-electron chi connectivity index (χ3n) is 6.01. The van der Waals surface area contributed by atoms with E-state index in [2.05, 4.69) is 4.57 Å². The quantitative estimate of drug-likeness (QED) is 0.240. The fraction of sp³-hybridized carbons (Fsp3) is 0.357. The van der Waals surface area contributed by atoms with Crippen LogP contribution < -0.4 is 0 Å². The van der Waals surface area contributed by atoms with Crippen molar-refractivity contribution >= 4 is 29.1 Å². The Balaban J connectivity index is 1.80. The molecule has 0 aliphatic carbocycles. The minimum atomic E-state index is -0.538. The summed E-state index contributed by atoms with van der Waals surface area (Å²) in [6.07, 6.45) is 1.96. The van der Waals surface area contributed by atoms with E-state index in [-0.39, 0.29) is 35.7 Å². The van der Waals surface area contributed by atoms with E-state index in [0.29, 0.717) is 24.7 Å². The lowest BCUT2D eigenvalue weighted by Gasteiger charge is -2.31. The van der Waals surface area contributed by atoms with Gasteiger partial charge in [0.2, 0.25) is 5.91 Å². The van der Waals surface area contributed by atoms with Gasteiger partial charge >= 0.3 is 0 Å². The van der Waals surface area contributed by atoms with Crippen molar-refractivity contribution in [3.8, 4) is 0 Å². The number of amides is 2. The Morgan fingerprint density at radius 3 is 2.41 bits per heavy atom. The van der Waals surface area contributed by atoms with E-state index in [0.717, 1.165) is 11.3 Å². The molecule has 196 valence electrons. The summed E-state index contributed by atoms with van der Waals surface area (Å²) >= 11 is 6.36. The smallest absolute Gasteiger partial charge is 0.270 e. The van der Waals surface area contributed by atoms with Gasteiger partial charge in [0.15, 0.2) is 0 Å². The molecule has 3 rings (SSSR count). The number of nitro groups is 1. The lowest BCUT2D eigenvalue weighted by molar-refractivity contribution is -0.384. The lowest BCUT2D eigenvalue weighted by atomic mass is 10.1. The predicted molar refractivity (Wildman–Crippen MR) is 145 cm³/mol. The number of rotatable bonds is 11. The average molecular weight is 525 g/mol. The summed E-state index contributed by atoms with van der Waals surface area (Å²) in [4.78, 5) is 40.7. The number of hydrogen-bond acceptors (Lipinski definition) is 4. The first-order chi connectivity index (χ1) is 17.6. The van der Waals surface area contributed by atoms with E-state index >= 15 is 0 Å². The normalized spacial score (nSPS) is 11.1. The number of non-ortho nitro benzene ring substituents is 1. The van der Waals surface area contributed by atoms with Gasteiger partial charge in [-0.1, -0.05) is 49.7 Å². The molecule has 0 atom stereocenters. The number of carbonyl (C=O) groups excluding carboxylic acids is 2. The first-order valence-electron chi connectivity index (χ1n) is 12.3. The highest BCUT2D eigenvalue weighted by molar-refractivity contribution is 6.31. The molecule has 0 bridgehead atoms. The van der Waals surface area contributed by atoms with Crippen LogP contribution in [0, 0.1) is 16.0 Å². The Hall–Kier alpha value is -3.65. The van der Waals surface area contributed by atoms with Gasteiger partial charge in [0, 0.05) is 53.7 Å². The number of carbonyl (C=O) groups is 2. The third kappa shape index (κ3) is 7.43. The summed E-state index contributed by atoms with van der Waals surface area (Å²) < 4.78 is 2.07. The topological polar surface area (TPSA) is 88.7 Å². The fourth-order valence-electron chi connectivity index (χ4n) is 4.10. The van der Waals surface area contributed by atoms with Gasteiger partial charge in [0.1, 0.15) is 6.54 Å². The molecule has 0 unspecified atom stereocenters. The zero-order chi connectivity index (χ0) is 27.1. The van der Waals surface area contributed by atoms with Crippen LogP contribution in [0.15, 0.2) is 66.9 Å². The van der Waals surface area contributed by atoms with Crippen molar-refractivity contribution in [1.29, 1.82) is 0 Å². The molecule has 0 spiro atoms. The van der Waals surface area contributed by atoms with Crippen molar-refractivity contribution in [3.63, 3.8) is 0 Å². The van der Waals surface area contributed by atoms with Crippen LogP contribution in [0.5, 0.6) is 0 Å². The number of halogens is 1. The van der Waals surface area contributed by atoms with E-state index in [1.54, 1.807) is 4.90 Å². The Morgan fingerprint density at radius 1 is 1.03 bits per heavy atom. The van der Waals surface area contributed by atoms with E-state index in [1.807, 2.05) is 70.3 Å². The standard InChI is InChI=1S/C28H33ClN4O4/c1-20(2)16-31(18-25-12-8-14-30(25)17-23-9-5-6-13-26(23)29)27(34)19-32(21(3)4)28(35)22-10-7-11-24(15-22)33(36)37/h5-15,20-21H,16-19H2,1-4H3. The number of nitro benzene ring substituents is 1. The fourth-order valence-corrected chi connectivity index (χ4v) is 4.30. The number of nitrogens with zero attached hydrogens (tertiary/aromatic N) is 4. The van der Waals surface area contributed by atoms with Crippen LogP contribution >= 0.6 is 11.6 Å². The van der Waals surface area contributed by atoms with Crippen LogP contribution in [-0.4, -0.2) is 50.2 Å². The van der Waals surface area contributed by atoms with E-state index in [1.165, 1.54) is 29.2 Å². The summed E-state index contributed by atoms with van der Waals surface area (Å²) in [5.74, 6) is -0.388. The maximum absolute atomic E-state index is 13.5. The zero-order valence-corrected chi connectivity index (χ0v) is 22.4. The van der Waals surface area contributed by atoms with Crippen LogP contribution in [0.2, 0.25) is 5.02 Å². The molecule has 3 aromatic rings. The monoisotopic (exact) mass is 524 g/mol. The Kier molecular flexibility index (Phi) is 9.47. The van der Waals surface area contributed by atoms with Gasteiger partial charge in [-0.2, -0.15) is 0 Å². The molecule has 8 nitrogen and oxygen atoms in total. The van der Waals surface area contributed by atoms with Crippen molar-refractivity contribution in [2.24, 2.45) is 5.92 Å². The van der Waals surface area contributed by atoms with E-state index < -0.39 is 10.8 Å². The molecule has 0 aliphatic heterocycles. The van der Waals surface area contributed by atoms with Crippen LogP contribution in [0.25, 0.3) is 0 Å². The number of aromatic nitrogens is 1. The Bertz CT molecular complexity index is 1250. The SMILES string of the molecule is CC(C)CN(Cc1cccn1Cc1ccccc1Cl)C(=O)CN(C(=O)c1cccc([N+](=O)[O-])c1)C(C)C. The van der Waals surface area contributed by atoms with Gasteiger partial charge in [-0.3, -0.25) is 19.7 Å². The summed E-state index contributed by atoms with van der Waals surface area (Å²) in [6.45, 7) is 9.08. The second-order valence-corrected chi connectivity index (χ2v) is 10.1. The molecule has 9 heteroatoms. The van der Waals surface area contributed by atoms with Crippen molar-refractivity contribution in [3.05, 3.63) is 98.8 Å². The number of benzene rings is 2. The third-order valence-corrected chi connectivity index (χ3v) is 6.38. The van der Waals surface area contributed by atoms with Crippen molar-refractivity contribution in [1.82, 2.24) is 14.4 Å². The van der Waals surface area contributed by atoms with Crippen LogP contribution in [-0.2, 0) is 17.9 Å². The van der Waals surface area contributed by atoms with Crippen molar-refractivity contribution < 1.29 is 14.5 Å². The van der Waals surface area contributed by atoms with Crippen LogP contribution in [0.1, 0.15) is 49.3 Å². The van der Waals surface area contributed by atoms with Crippen LogP contribution in [0.3, 0.4) is 0 Å². The van der Waals surface area contributed by atoms with Crippen molar-refractivity contribution in [2.45, 2.75) is 46.8 Å². The molecule has 37 heavy (non-hydrogen) atoms. The summed E-state index contributed by atoms with van der Waals surface area (Å²) in [7, 11) is 0. The molecular weight excluding hydrogens is 492 g/mol. The lowest BCUT2D eigenvalue weighted by Crippen LogP contribution is -2.46. The molecule has 0 radical (unpaired) electrons. The minimum Gasteiger partial charge on any atom is -0.345 e. The largest absolute Gasteiger partial charge is 0.345 e. The molecule has 0 fully saturated rings. The minimum absolute atomic E-state index is 0.128. The molecule has 1 aromatic heterocycles. The molecule has 2 aromatic carbocycles. The van der Waals surface area contributed by atoms with Gasteiger partial charge in [0.05, 0.1) is 11.5 Å². The van der Waals surface area contributed by atoms with Gasteiger partial charge in [-0.25, -0.2) is 0 Å². The van der Waals surface area contributed by atoms with Crippen LogP contribution in [0.4, 0.5) is 5.69 Å². The van der Waals surface area contributed by atoms with E-state index in [9.17, 15) is 19.7 Å². The highest BCUT2D eigenvalue weighted by Gasteiger charge is 2.26. The van der Waals surface area contributed by atoms with Gasteiger partial charge in [0.25, 0.3) is 11.6 Å². The van der Waals surface area contributed by atoms with Gasteiger partial charge < -0.3 is 14.4 Å². The zero-order valence-electron chi connectivity index (χ0n) is 21.6. The maximum atomic E-state index is 13.5. The highest BCUT2D eigenvalue weighted by atomic mass is 35.5.